The van der Waals surface area contributed by atoms with Crippen LogP contribution in [0, 0.1) is 6.92 Å². The number of aromatic nitrogens is 1. The molecule has 152 valence electrons. The molecule has 0 bridgehead atoms. The predicted molar refractivity (Wildman–Crippen MR) is 119 cm³/mol. The zero-order valence-corrected chi connectivity index (χ0v) is 17.9. The van der Waals surface area contributed by atoms with E-state index in [1.165, 1.54) is 5.56 Å². The van der Waals surface area contributed by atoms with Gasteiger partial charge < -0.3 is 15.6 Å². The molecule has 3 aromatic rings. The molecule has 2 atom stereocenters. The van der Waals surface area contributed by atoms with E-state index in [9.17, 15) is 4.79 Å². The van der Waals surface area contributed by atoms with Crippen molar-refractivity contribution < 1.29 is 4.79 Å². The number of carbonyl (C=O) groups excluding carboxylic acids is 1. The second kappa shape index (κ2) is 8.36. The van der Waals surface area contributed by atoms with Crippen LogP contribution >= 0.6 is 23.2 Å². The van der Waals surface area contributed by atoms with Crippen LogP contribution in [-0.4, -0.2) is 37.1 Å². The topological polar surface area (TPSA) is 68.9 Å². The first-order valence-electron chi connectivity index (χ1n) is 9.73. The molecule has 0 saturated carbocycles. The van der Waals surface area contributed by atoms with Gasteiger partial charge in [0.2, 0.25) is 5.91 Å². The second-order valence-corrected chi connectivity index (χ2v) is 8.28. The summed E-state index contributed by atoms with van der Waals surface area (Å²) in [6, 6.07) is 11.2. The number of fused-ring (bicyclic) bond motifs is 3. The second-order valence-electron chi connectivity index (χ2n) is 7.43. The summed E-state index contributed by atoms with van der Waals surface area (Å²) in [4.78, 5) is 16.4. The molecule has 1 amide bonds. The zero-order chi connectivity index (χ0) is 20.5. The van der Waals surface area contributed by atoms with Crippen molar-refractivity contribution in [3.05, 3.63) is 68.8 Å². The normalized spacial score (nSPS) is 18.6. The lowest BCUT2D eigenvalue weighted by Crippen LogP contribution is -2.50. The van der Waals surface area contributed by atoms with Crippen molar-refractivity contribution >= 4 is 40.0 Å². The fourth-order valence-corrected chi connectivity index (χ4v) is 4.56. The van der Waals surface area contributed by atoms with Crippen molar-refractivity contribution in [2.24, 2.45) is 0 Å². The number of likely N-dealkylation sites (N-methyl/N-ethyl adjacent to an activating group) is 1. The Balaban J connectivity index is 1.79. The van der Waals surface area contributed by atoms with E-state index < -0.39 is 0 Å². The molecular formula is C22H24Cl2N4O. The number of para-hydroxylation sites is 1. The number of amides is 1. The van der Waals surface area contributed by atoms with E-state index in [2.05, 4.69) is 46.1 Å². The predicted octanol–water partition coefficient (Wildman–Crippen LogP) is 3.72. The first-order chi connectivity index (χ1) is 14.0. The highest BCUT2D eigenvalue weighted by molar-refractivity contribution is 6.35. The van der Waals surface area contributed by atoms with E-state index >= 15 is 0 Å². The van der Waals surface area contributed by atoms with Crippen molar-refractivity contribution in [2.75, 3.05) is 20.1 Å². The molecule has 2 aromatic carbocycles. The van der Waals surface area contributed by atoms with Crippen LogP contribution in [0.4, 0.5) is 0 Å². The molecule has 1 aliphatic rings. The summed E-state index contributed by atoms with van der Waals surface area (Å²) >= 11 is 12.7. The summed E-state index contributed by atoms with van der Waals surface area (Å²) in [6.45, 7) is 3.39. The summed E-state index contributed by atoms with van der Waals surface area (Å²) in [5, 5.41) is 11.9. The molecule has 0 saturated heterocycles. The minimum absolute atomic E-state index is 0.0111. The van der Waals surface area contributed by atoms with Gasteiger partial charge in [-0.3, -0.25) is 10.1 Å². The molecule has 0 radical (unpaired) electrons. The van der Waals surface area contributed by atoms with Gasteiger partial charge in [-0.15, -0.1) is 0 Å². The molecule has 7 heteroatoms. The van der Waals surface area contributed by atoms with Crippen molar-refractivity contribution in [3.8, 4) is 0 Å². The monoisotopic (exact) mass is 430 g/mol. The molecule has 5 nitrogen and oxygen atoms in total. The number of aromatic amines is 1. The van der Waals surface area contributed by atoms with Gasteiger partial charge in [0.25, 0.3) is 0 Å². The van der Waals surface area contributed by atoms with Crippen LogP contribution < -0.4 is 16.0 Å². The largest absolute Gasteiger partial charge is 0.356 e. The van der Waals surface area contributed by atoms with Crippen molar-refractivity contribution in [2.45, 2.75) is 25.4 Å². The third-order valence-electron chi connectivity index (χ3n) is 5.51. The standard InChI is InChI=1S/C22H24Cl2N4O/c1-12-4-3-5-14-16-11-18(22(29)26-9-8-25-2)27-20(21(16)28-19(12)14)15-7-6-13(23)10-17(15)24/h3-7,10,18,20,25,27-28H,8-9,11H2,1-2H3,(H,26,29)/t18-,20-/m0/s1. The van der Waals surface area contributed by atoms with Gasteiger partial charge >= 0.3 is 0 Å². The fourth-order valence-electron chi connectivity index (χ4n) is 4.04. The highest BCUT2D eigenvalue weighted by Gasteiger charge is 2.34. The Bertz CT molecular complexity index is 1060. The van der Waals surface area contributed by atoms with Gasteiger partial charge in [0.15, 0.2) is 0 Å². The van der Waals surface area contributed by atoms with Crippen molar-refractivity contribution in [3.63, 3.8) is 0 Å². The Labute approximate surface area is 180 Å². The first kappa shape index (κ1) is 20.2. The summed E-state index contributed by atoms with van der Waals surface area (Å²) in [7, 11) is 1.87. The molecule has 29 heavy (non-hydrogen) atoms. The van der Waals surface area contributed by atoms with Crippen LogP contribution in [-0.2, 0) is 11.2 Å². The average molecular weight is 431 g/mol. The molecule has 4 rings (SSSR count). The minimum Gasteiger partial charge on any atom is -0.356 e. The number of H-pyrrole nitrogens is 1. The Hall–Kier alpha value is -2.05. The third-order valence-corrected chi connectivity index (χ3v) is 6.07. The number of aryl methyl sites for hydroxylation is 1. The molecule has 0 fully saturated rings. The van der Waals surface area contributed by atoms with Crippen LogP contribution in [0.25, 0.3) is 10.9 Å². The molecule has 0 spiro atoms. The SMILES string of the molecule is CNCCNC(=O)[C@@H]1Cc2c([nH]c3c(C)cccc23)[C@H](c2ccc(Cl)cc2Cl)N1. The fraction of sp³-hybridized carbons (Fsp3) is 0.318. The molecule has 4 N–H and O–H groups in total. The molecule has 0 aliphatic carbocycles. The van der Waals surface area contributed by atoms with Gasteiger partial charge in [-0.1, -0.05) is 47.5 Å². The third kappa shape index (κ3) is 3.88. The number of hydrogen-bond donors (Lipinski definition) is 4. The smallest absolute Gasteiger partial charge is 0.237 e. The van der Waals surface area contributed by atoms with E-state index in [0.29, 0.717) is 23.0 Å². The van der Waals surface area contributed by atoms with Crippen LogP contribution in [0.1, 0.15) is 28.4 Å². The molecular weight excluding hydrogens is 407 g/mol. The number of nitrogens with one attached hydrogen (secondary N) is 4. The minimum atomic E-state index is -0.351. The van der Waals surface area contributed by atoms with Gasteiger partial charge in [-0.25, -0.2) is 0 Å². The molecule has 1 aromatic heterocycles. The lowest BCUT2D eigenvalue weighted by molar-refractivity contribution is -0.123. The number of rotatable bonds is 5. The Morgan fingerprint density at radius 1 is 1.21 bits per heavy atom. The average Bonchev–Trinajstić information content (AvgIpc) is 3.08. The molecule has 0 unspecified atom stereocenters. The highest BCUT2D eigenvalue weighted by atomic mass is 35.5. The maximum atomic E-state index is 12.9. The Morgan fingerprint density at radius 3 is 2.79 bits per heavy atom. The zero-order valence-electron chi connectivity index (χ0n) is 16.4. The quantitative estimate of drug-likeness (QED) is 0.466. The van der Waals surface area contributed by atoms with E-state index in [-0.39, 0.29) is 18.0 Å². The summed E-state index contributed by atoms with van der Waals surface area (Å²) in [6.07, 6.45) is 0.617. The van der Waals surface area contributed by atoms with E-state index in [1.54, 1.807) is 6.07 Å². The summed E-state index contributed by atoms with van der Waals surface area (Å²) < 4.78 is 0. The molecule has 2 heterocycles. The van der Waals surface area contributed by atoms with Gasteiger partial charge in [-0.2, -0.15) is 0 Å². The highest BCUT2D eigenvalue weighted by Crippen LogP contribution is 2.38. The van der Waals surface area contributed by atoms with Crippen LogP contribution in [0.5, 0.6) is 0 Å². The molecule has 1 aliphatic heterocycles. The van der Waals surface area contributed by atoms with Crippen LogP contribution in [0.3, 0.4) is 0 Å². The van der Waals surface area contributed by atoms with Crippen molar-refractivity contribution in [1.82, 2.24) is 20.9 Å². The summed E-state index contributed by atoms with van der Waals surface area (Å²) in [5.41, 5.74) is 5.39. The van der Waals surface area contributed by atoms with Crippen LogP contribution in [0.15, 0.2) is 36.4 Å². The number of halogens is 2. The van der Waals surface area contributed by atoms with Crippen LogP contribution in [0.2, 0.25) is 10.0 Å². The van der Waals surface area contributed by atoms with E-state index in [0.717, 1.165) is 34.3 Å². The van der Waals surface area contributed by atoms with Gasteiger partial charge in [-0.05, 0) is 49.2 Å². The number of carbonyl (C=O) groups is 1. The van der Waals surface area contributed by atoms with Gasteiger partial charge in [0.1, 0.15) is 0 Å². The van der Waals surface area contributed by atoms with E-state index in [1.807, 2.05) is 19.2 Å². The Morgan fingerprint density at radius 2 is 2.03 bits per heavy atom. The number of benzene rings is 2. The van der Waals surface area contributed by atoms with Gasteiger partial charge in [0.05, 0.1) is 12.1 Å². The maximum Gasteiger partial charge on any atom is 0.237 e. The van der Waals surface area contributed by atoms with Gasteiger partial charge in [0, 0.05) is 39.7 Å². The summed E-state index contributed by atoms with van der Waals surface area (Å²) in [5.74, 6) is -0.0111. The number of hydrogen-bond acceptors (Lipinski definition) is 3. The van der Waals surface area contributed by atoms with Crippen molar-refractivity contribution in [1.29, 1.82) is 0 Å². The lowest BCUT2D eigenvalue weighted by Gasteiger charge is -2.31. The van der Waals surface area contributed by atoms with E-state index in [4.69, 9.17) is 23.2 Å². The maximum absolute atomic E-state index is 12.9. The lowest BCUT2D eigenvalue weighted by atomic mass is 9.89. The Kier molecular flexibility index (Phi) is 5.83. The first-order valence-corrected chi connectivity index (χ1v) is 10.5.